The van der Waals surface area contributed by atoms with Crippen molar-refractivity contribution >= 4 is 53.6 Å². The van der Waals surface area contributed by atoms with Gasteiger partial charge in [0.25, 0.3) is 0 Å². The molecule has 0 spiro atoms. The van der Waals surface area contributed by atoms with Crippen molar-refractivity contribution in [1.82, 2.24) is 0 Å². The number of carbonyl (C=O) groups excluding carboxylic acids is 1. The molecule has 8 heteroatoms. The summed E-state index contributed by atoms with van der Waals surface area (Å²) in [6.45, 7) is 0. The van der Waals surface area contributed by atoms with Crippen LogP contribution in [0.15, 0.2) is 64.9 Å². The number of Topliss-reactive ketones (excluding diaryl/α,β-unsaturated/α-hetero) is 1. The molecule has 0 amide bonds. The van der Waals surface area contributed by atoms with E-state index >= 15 is 0 Å². The molecular weight excluding hydrogens is 556 g/mol. The van der Waals surface area contributed by atoms with Gasteiger partial charge in [0.1, 0.15) is 28.9 Å². The van der Waals surface area contributed by atoms with Crippen LogP contribution in [0.1, 0.15) is 30.9 Å². The van der Waals surface area contributed by atoms with Crippen molar-refractivity contribution in [3.05, 3.63) is 66.2 Å². The zero-order chi connectivity index (χ0) is 20.0. The fourth-order valence-corrected chi connectivity index (χ4v) is 6.21. The normalized spacial score (nSPS) is 19.4. The molecule has 1 aromatic carbocycles. The highest BCUT2D eigenvalue weighted by Gasteiger charge is 2.39. The summed E-state index contributed by atoms with van der Waals surface area (Å²) in [7, 11) is 0. The first-order valence-corrected chi connectivity index (χ1v) is 10.9. The van der Waals surface area contributed by atoms with Crippen LogP contribution in [0.5, 0.6) is 0 Å². The van der Waals surface area contributed by atoms with Gasteiger partial charge in [-0.3, -0.25) is 4.79 Å². The molecule has 2 heterocycles. The third kappa shape index (κ3) is 3.25. The summed E-state index contributed by atoms with van der Waals surface area (Å²) in [5.74, 6) is 0.988. The highest BCUT2D eigenvalue weighted by atomic mass is 79.9. The molecule has 4 rings (SSSR count). The van der Waals surface area contributed by atoms with E-state index in [0.717, 1.165) is 19.0 Å². The zero-order valence-corrected chi connectivity index (χ0v) is 19.1. The van der Waals surface area contributed by atoms with Crippen molar-refractivity contribution in [3.8, 4) is 17.4 Å². The minimum Gasteiger partial charge on any atom is -0.460 e. The van der Waals surface area contributed by atoms with E-state index in [1.807, 2.05) is 18.2 Å². The third-order valence-corrected chi connectivity index (χ3v) is 6.48. The number of ketones is 1. The third-order valence-electron chi connectivity index (χ3n) is 4.77. The zero-order valence-electron chi connectivity index (χ0n) is 14.4. The molecule has 0 fully saturated rings. The van der Waals surface area contributed by atoms with E-state index < -0.39 is 5.92 Å². The molecule has 28 heavy (non-hydrogen) atoms. The smallest absolute Gasteiger partial charge is 0.205 e. The summed E-state index contributed by atoms with van der Waals surface area (Å²) in [5.41, 5.74) is 7.49. The summed E-state index contributed by atoms with van der Waals surface area (Å²) in [6, 6.07) is 9.53. The number of nitriles is 1. The topological polar surface area (TPSA) is 89.3 Å². The molecule has 2 aromatic rings. The van der Waals surface area contributed by atoms with Crippen LogP contribution in [-0.4, -0.2) is 5.78 Å². The number of halogens is 3. The Balaban J connectivity index is 1.85. The van der Waals surface area contributed by atoms with Gasteiger partial charge in [0, 0.05) is 37.4 Å². The Morgan fingerprint density at radius 1 is 1.14 bits per heavy atom. The van der Waals surface area contributed by atoms with Crippen molar-refractivity contribution in [2.24, 2.45) is 5.73 Å². The maximum Gasteiger partial charge on any atom is 0.205 e. The maximum absolute atomic E-state index is 12.6. The van der Waals surface area contributed by atoms with Gasteiger partial charge in [-0.05, 0) is 62.5 Å². The van der Waals surface area contributed by atoms with Gasteiger partial charge in [0.2, 0.25) is 5.88 Å². The molecule has 5 nitrogen and oxygen atoms in total. The van der Waals surface area contributed by atoms with E-state index in [2.05, 4.69) is 53.9 Å². The molecule has 1 aliphatic heterocycles. The van der Waals surface area contributed by atoms with E-state index in [0.29, 0.717) is 42.1 Å². The van der Waals surface area contributed by atoms with Crippen LogP contribution in [0.3, 0.4) is 0 Å². The predicted octanol–water partition coefficient (Wildman–Crippen LogP) is 6.05. The second-order valence-electron chi connectivity index (χ2n) is 6.48. The lowest BCUT2D eigenvalue weighted by molar-refractivity contribution is -0.116. The molecule has 1 aromatic heterocycles. The molecule has 142 valence electrons. The number of nitrogens with two attached hydrogens (primary N) is 1. The highest BCUT2D eigenvalue weighted by Crippen LogP contribution is 2.46. The van der Waals surface area contributed by atoms with Crippen molar-refractivity contribution < 1.29 is 13.9 Å². The van der Waals surface area contributed by atoms with Crippen molar-refractivity contribution in [2.45, 2.75) is 25.2 Å². The average molecular weight is 569 g/mol. The SMILES string of the molecule is N#CC1=C(N)OC2=C(C(=O)CCC2)C1c1ccc(-c2c(Br)cc(Br)cc2Br)o1. The largest absolute Gasteiger partial charge is 0.460 e. The van der Waals surface area contributed by atoms with E-state index in [1.54, 1.807) is 6.07 Å². The molecule has 2 N–H and O–H groups in total. The van der Waals surface area contributed by atoms with Crippen molar-refractivity contribution in [1.29, 1.82) is 5.26 Å². The van der Waals surface area contributed by atoms with E-state index in [1.165, 1.54) is 0 Å². The van der Waals surface area contributed by atoms with Crippen molar-refractivity contribution in [3.63, 3.8) is 0 Å². The quantitative estimate of drug-likeness (QED) is 0.476. The van der Waals surface area contributed by atoms with Gasteiger partial charge in [-0.1, -0.05) is 15.9 Å². The molecule has 1 atom stereocenters. The molecule has 0 radical (unpaired) electrons. The number of allylic oxidation sites excluding steroid dienone is 3. The Kier molecular flexibility index (Phi) is 5.25. The second-order valence-corrected chi connectivity index (χ2v) is 9.11. The van der Waals surface area contributed by atoms with Gasteiger partial charge in [0.05, 0.1) is 5.92 Å². The van der Waals surface area contributed by atoms with Gasteiger partial charge in [-0.2, -0.15) is 5.26 Å². The molecule has 1 aliphatic carbocycles. The van der Waals surface area contributed by atoms with Crippen LogP contribution < -0.4 is 5.73 Å². The summed E-state index contributed by atoms with van der Waals surface area (Å²) in [4.78, 5) is 12.6. The van der Waals surface area contributed by atoms with Crippen molar-refractivity contribution in [2.75, 3.05) is 0 Å². The van der Waals surface area contributed by atoms with Crippen LogP contribution in [0.25, 0.3) is 11.3 Å². The summed E-state index contributed by atoms with van der Waals surface area (Å²) >= 11 is 10.6. The van der Waals surface area contributed by atoms with Crippen LogP contribution in [0.2, 0.25) is 0 Å². The van der Waals surface area contributed by atoms with E-state index in [4.69, 9.17) is 14.9 Å². The number of nitrogens with zero attached hydrogens (tertiary/aromatic N) is 1. The number of ether oxygens (including phenoxy) is 1. The highest BCUT2D eigenvalue weighted by molar-refractivity contribution is 9.11. The number of benzene rings is 1. The lowest BCUT2D eigenvalue weighted by Gasteiger charge is -2.29. The van der Waals surface area contributed by atoms with Gasteiger partial charge in [-0.25, -0.2) is 0 Å². The summed E-state index contributed by atoms with van der Waals surface area (Å²) < 4.78 is 14.3. The average Bonchev–Trinajstić information content (AvgIpc) is 3.09. The fraction of sp³-hybridized carbons (Fsp3) is 0.200. The van der Waals surface area contributed by atoms with Gasteiger partial charge < -0.3 is 14.9 Å². The van der Waals surface area contributed by atoms with E-state index in [9.17, 15) is 10.1 Å². The lowest BCUT2D eigenvalue weighted by Crippen LogP contribution is -2.27. The van der Waals surface area contributed by atoms with Crippen LogP contribution in [-0.2, 0) is 9.53 Å². The molecule has 0 saturated heterocycles. The Morgan fingerprint density at radius 3 is 2.54 bits per heavy atom. The number of rotatable bonds is 2. The summed E-state index contributed by atoms with van der Waals surface area (Å²) in [5, 5.41) is 9.65. The Labute approximate surface area is 186 Å². The number of hydrogen-bond donors (Lipinski definition) is 1. The first-order valence-electron chi connectivity index (χ1n) is 8.49. The Hall–Kier alpha value is -1.82. The fourth-order valence-electron chi connectivity index (χ4n) is 3.56. The minimum atomic E-state index is -0.650. The summed E-state index contributed by atoms with van der Waals surface area (Å²) in [6.07, 6.45) is 1.75. The number of furan rings is 1. The van der Waals surface area contributed by atoms with Gasteiger partial charge in [0.15, 0.2) is 5.78 Å². The van der Waals surface area contributed by atoms with Crippen LogP contribution in [0, 0.1) is 11.3 Å². The lowest BCUT2D eigenvalue weighted by atomic mass is 9.80. The maximum atomic E-state index is 12.6. The predicted molar refractivity (Wildman–Crippen MR) is 114 cm³/mol. The van der Waals surface area contributed by atoms with Gasteiger partial charge in [-0.15, -0.1) is 0 Å². The number of carbonyl (C=O) groups is 1. The van der Waals surface area contributed by atoms with Crippen LogP contribution >= 0.6 is 47.8 Å². The molecule has 0 saturated carbocycles. The molecule has 1 unspecified atom stereocenters. The van der Waals surface area contributed by atoms with E-state index in [-0.39, 0.29) is 17.2 Å². The molecule has 0 bridgehead atoms. The molecule has 2 aliphatic rings. The number of hydrogen-bond acceptors (Lipinski definition) is 5. The monoisotopic (exact) mass is 566 g/mol. The standard InChI is InChI=1S/C20H13Br3N2O3/c21-9-6-11(22)18(12(23)7-9)16-5-4-15(27-16)17-10(8-24)20(25)28-14-3-1-2-13(26)19(14)17/h4-7,17H,1-3,25H2. The minimum absolute atomic E-state index is 0.0320. The first kappa shape index (κ1) is 19.5. The Bertz CT molecular complexity index is 1090. The Morgan fingerprint density at radius 2 is 1.86 bits per heavy atom. The second kappa shape index (κ2) is 7.54. The van der Waals surface area contributed by atoms with Crippen LogP contribution in [0.4, 0.5) is 0 Å². The first-order chi connectivity index (χ1) is 13.4. The molecular formula is C20H13Br3N2O3. The van der Waals surface area contributed by atoms with Gasteiger partial charge >= 0.3 is 0 Å².